The molecule has 4 heterocycles. The molecule has 0 spiro atoms. The molecule has 0 aliphatic rings. The molecule has 0 fully saturated rings. The van der Waals surface area contributed by atoms with Crippen LogP contribution in [-0.4, -0.2) is 14.5 Å². The third kappa shape index (κ3) is 3.89. The number of rotatable bonds is 2. The zero-order valence-corrected chi connectivity index (χ0v) is 30.1. The van der Waals surface area contributed by atoms with Crippen LogP contribution in [0.3, 0.4) is 0 Å². The average molecular weight is 718 g/mol. The van der Waals surface area contributed by atoms with Gasteiger partial charge in [0.25, 0.3) is 0 Å². The molecular formula is C50H27N3OS. The van der Waals surface area contributed by atoms with Crippen LogP contribution in [0.25, 0.3) is 124 Å². The molecule has 13 aromatic rings. The van der Waals surface area contributed by atoms with Crippen molar-refractivity contribution in [2.24, 2.45) is 0 Å². The molecule has 0 radical (unpaired) electrons. The first-order valence-corrected chi connectivity index (χ1v) is 19.4. The number of nitrogens with zero attached hydrogens (tertiary/aromatic N) is 3. The zero-order chi connectivity index (χ0) is 35.8. The normalized spacial score (nSPS) is 12.4. The van der Waals surface area contributed by atoms with Crippen molar-refractivity contribution in [2.45, 2.75) is 0 Å². The molecule has 55 heavy (non-hydrogen) atoms. The first-order chi connectivity index (χ1) is 27.3. The van der Waals surface area contributed by atoms with E-state index in [9.17, 15) is 0 Å². The summed E-state index contributed by atoms with van der Waals surface area (Å²) in [4.78, 5) is 11.1. The first kappa shape index (κ1) is 29.4. The summed E-state index contributed by atoms with van der Waals surface area (Å²) in [6.45, 7) is 0. The summed E-state index contributed by atoms with van der Waals surface area (Å²) >= 11 is 1.81. The van der Waals surface area contributed by atoms with Gasteiger partial charge >= 0.3 is 0 Å². The second-order valence-electron chi connectivity index (χ2n) is 14.4. The Labute approximate surface area is 317 Å². The maximum absolute atomic E-state index is 6.48. The number of furan rings is 1. The molecule has 9 aromatic carbocycles. The molecule has 0 saturated carbocycles. The van der Waals surface area contributed by atoms with Crippen molar-refractivity contribution in [3.63, 3.8) is 0 Å². The lowest BCUT2D eigenvalue weighted by Gasteiger charge is -2.15. The first-order valence-electron chi connectivity index (χ1n) is 18.6. The van der Waals surface area contributed by atoms with Crippen molar-refractivity contribution in [1.82, 2.24) is 14.5 Å². The molecule has 0 atom stereocenters. The highest BCUT2D eigenvalue weighted by Gasteiger charge is 2.26. The quantitative estimate of drug-likeness (QED) is 0.167. The fourth-order valence-corrected chi connectivity index (χ4v) is 10.4. The highest BCUT2D eigenvalue weighted by molar-refractivity contribution is 7.25. The Kier molecular flexibility index (Phi) is 5.74. The standard InChI is InChI=1S/C50H27N3OS/c1-2-13-29-28(12-1)24-25-38-45-39(27-26-34-32-16-4-3-14-30(32)31-15-5-6-17-33(31)44(34)45)53(48(29)38)49-46(52-50-47(51-49)35-18-7-9-21-40(35)54-50)37-20-11-23-42-43(37)36-19-8-10-22-41(36)55-42/h1-27H. The van der Waals surface area contributed by atoms with Crippen molar-refractivity contribution < 1.29 is 4.42 Å². The fourth-order valence-electron chi connectivity index (χ4n) is 9.30. The largest absolute Gasteiger partial charge is 0.436 e. The predicted octanol–water partition coefficient (Wildman–Crippen LogP) is 14.1. The summed E-state index contributed by atoms with van der Waals surface area (Å²) in [5, 5.41) is 15.6. The van der Waals surface area contributed by atoms with Crippen LogP contribution in [0.4, 0.5) is 0 Å². The van der Waals surface area contributed by atoms with Crippen LogP contribution < -0.4 is 0 Å². The van der Waals surface area contributed by atoms with E-state index in [1.165, 1.54) is 74.0 Å². The molecule has 0 saturated heterocycles. The number of hydrogen-bond donors (Lipinski definition) is 0. The molecule has 0 unspecified atom stereocenters. The lowest BCUT2D eigenvalue weighted by Crippen LogP contribution is -2.03. The van der Waals surface area contributed by atoms with Gasteiger partial charge in [-0.15, -0.1) is 11.3 Å². The van der Waals surface area contributed by atoms with Crippen molar-refractivity contribution in [2.75, 3.05) is 0 Å². The molecule has 4 nitrogen and oxygen atoms in total. The van der Waals surface area contributed by atoms with Crippen molar-refractivity contribution >= 4 is 119 Å². The van der Waals surface area contributed by atoms with E-state index in [1.54, 1.807) is 0 Å². The topological polar surface area (TPSA) is 43.9 Å². The highest BCUT2D eigenvalue weighted by Crippen LogP contribution is 2.47. The molecule has 254 valence electrons. The van der Waals surface area contributed by atoms with Gasteiger partial charge in [-0.05, 0) is 62.6 Å². The Morgan fingerprint density at radius 3 is 1.91 bits per heavy atom. The smallest absolute Gasteiger partial charge is 0.247 e. The predicted molar refractivity (Wildman–Crippen MR) is 232 cm³/mol. The van der Waals surface area contributed by atoms with Crippen LogP contribution in [-0.2, 0) is 0 Å². The summed E-state index contributed by atoms with van der Waals surface area (Å²) in [5.74, 6) is 0.780. The van der Waals surface area contributed by atoms with E-state index in [2.05, 4.69) is 150 Å². The summed E-state index contributed by atoms with van der Waals surface area (Å²) in [6, 6.07) is 58.9. The van der Waals surface area contributed by atoms with Crippen molar-refractivity contribution in [3.05, 3.63) is 164 Å². The number of para-hydroxylation sites is 1. The van der Waals surface area contributed by atoms with E-state index in [1.807, 2.05) is 29.5 Å². The van der Waals surface area contributed by atoms with Gasteiger partial charge in [0.1, 0.15) is 16.8 Å². The molecule has 0 aliphatic heterocycles. The lowest BCUT2D eigenvalue weighted by molar-refractivity contribution is 0.653. The van der Waals surface area contributed by atoms with Gasteiger partial charge in [0.2, 0.25) is 5.71 Å². The average Bonchev–Trinajstić information content (AvgIpc) is 3.92. The van der Waals surface area contributed by atoms with Crippen LogP contribution in [0.15, 0.2) is 168 Å². The third-order valence-corrected chi connectivity index (χ3v) is 12.7. The molecule has 0 amide bonds. The number of hydrogen-bond acceptors (Lipinski definition) is 4. The number of benzene rings is 9. The molecule has 13 rings (SSSR count). The fraction of sp³-hybridized carbons (Fsp3) is 0. The summed E-state index contributed by atoms with van der Waals surface area (Å²) in [6.07, 6.45) is 0. The maximum Gasteiger partial charge on any atom is 0.247 e. The Bertz CT molecular complexity index is 3760. The van der Waals surface area contributed by atoms with E-state index < -0.39 is 0 Å². The molecule has 5 heteroatoms. The van der Waals surface area contributed by atoms with E-state index in [-0.39, 0.29) is 0 Å². The second kappa shape index (κ2) is 10.8. The zero-order valence-electron chi connectivity index (χ0n) is 29.2. The molecule has 0 N–H and O–H groups in total. The Hall–Kier alpha value is -7.08. The SMILES string of the molecule is c1ccc2c(c1)ccc1c3c4c5ccccc5c5ccccc5c4ccc3n(-c3nc4c(nc3-c3cccc5sc6ccccc6c35)oc3ccccc34)c21. The van der Waals surface area contributed by atoms with E-state index in [4.69, 9.17) is 14.4 Å². The van der Waals surface area contributed by atoms with Crippen molar-refractivity contribution in [3.8, 4) is 17.1 Å². The van der Waals surface area contributed by atoms with Crippen LogP contribution in [0.5, 0.6) is 0 Å². The molecule has 0 bridgehead atoms. The van der Waals surface area contributed by atoms with E-state index in [0.717, 1.165) is 44.6 Å². The molecule has 4 aromatic heterocycles. The minimum atomic E-state index is 0.532. The van der Waals surface area contributed by atoms with Gasteiger partial charge in [0.05, 0.1) is 11.0 Å². The van der Waals surface area contributed by atoms with Crippen molar-refractivity contribution in [1.29, 1.82) is 0 Å². The molecule has 0 aliphatic carbocycles. The summed E-state index contributed by atoms with van der Waals surface area (Å²) in [5.41, 5.74) is 6.08. The molecular weight excluding hydrogens is 691 g/mol. The number of aromatic nitrogens is 3. The summed E-state index contributed by atoms with van der Waals surface area (Å²) in [7, 11) is 0. The van der Waals surface area contributed by atoms with Crippen LogP contribution in [0, 0.1) is 0 Å². The van der Waals surface area contributed by atoms with Crippen LogP contribution in [0.1, 0.15) is 0 Å². The van der Waals surface area contributed by atoms with Gasteiger partial charge in [-0.3, -0.25) is 4.57 Å². The lowest BCUT2D eigenvalue weighted by atomic mass is 9.91. The van der Waals surface area contributed by atoms with E-state index >= 15 is 0 Å². The second-order valence-corrected chi connectivity index (χ2v) is 15.5. The maximum atomic E-state index is 6.48. The van der Waals surface area contributed by atoms with Gasteiger partial charge in [-0.1, -0.05) is 133 Å². The Balaban J connectivity index is 1.29. The van der Waals surface area contributed by atoms with Crippen LogP contribution >= 0.6 is 11.3 Å². The highest BCUT2D eigenvalue weighted by atomic mass is 32.1. The van der Waals surface area contributed by atoms with E-state index in [0.29, 0.717) is 5.71 Å². The van der Waals surface area contributed by atoms with Gasteiger partial charge in [-0.2, -0.15) is 0 Å². The van der Waals surface area contributed by atoms with Gasteiger partial charge in [0, 0.05) is 52.7 Å². The minimum Gasteiger partial charge on any atom is -0.436 e. The Morgan fingerprint density at radius 1 is 0.436 bits per heavy atom. The summed E-state index contributed by atoms with van der Waals surface area (Å²) < 4.78 is 11.3. The Morgan fingerprint density at radius 2 is 1.07 bits per heavy atom. The number of fused-ring (bicyclic) bond motifs is 18. The van der Waals surface area contributed by atoms with Crippen LogP contribution in [0.2, 0.25) is 0 Å². The number of thiophene rings is 1. The third-order valence-electron chi connectivity index (χ3n) is 11.6. The minimum absolute atomic E-state index is 0.532. The van der Waals surface area contributed by atoms with Gasteiger partial charge in [-0.25, -0.2) is 9.97 Å². The monoisotopic (exact) mass is 717 g/mol. The van der Waals surface area contributed by atoms with Gasteiger partial charge < -0.3 is 4.42 Å². The van der Waals surface area contributed by atoms with Gasteiger partial charge in [0.15, 0.2) is 5.82 Å².